The average Bonchev–Trinajstić information content (AvgIpc) is 2.59. The van der Waals surface area contributed by atoms with Crippen molar-refractivity contribution < 1.29 is 19.4 Å². The van der Waals surface area contributed by atoms with Crippen molar-refractivity contribution in [1.82, 2.24) is 4.90 Å². The first-order valence-electron chi connectivity index (χ1n) is 5.01. The normalized spacial score (nSPS) is 26.9. The quantitative estimate of drug-likeness (QED) is 0.706. The van der Waals surface area contributed by atoms with Crippen LogP contribution in [-0.4, -0.2) is 48.7 Å². The van der Waals surface area contributed by atoms with Crippen LogP contribution in [-0.2, 0) is 9.47 Å². The molecule has 0 aromatic heterocycles. The molecule has 0 radical (unpaired) electrons. The molecular formula is C10H19NO4. The first-order chi connectivity index (χ1) is 6.90. The van der Waals surface area contributed by atoms with Crippen LogP contribution in [0.15, 0.2) is 0 Å². The Hall–Kier alpha value is -0.810. The molecule has 0 saturated carbocycles. The van der Waals surface area contributed by atoms with E-state index in [1.807, 2.05) is 20.8 Å². The predicted molar refractivity (Wildman–Crippen MR) is 54.3 cm³/mol. The highest BCUT2D eigenvalue weighted by Crippen LogP contribution is 2.31. The van der Waals surface area contributed by atoms with Crippen molar-refractivity contribution in [3.63, 3.8) is 0 Å². The lowest BCUT2D eigenvalue weighted by Crippen LogP contribution is -2.43. The molecule has 5 nitrogen and oxygen atoms in total. The minimum absolute atomic E-state index is 0.0833. The number of methoxy groups -OCH3 is 1. The predicted octanol–water partition coefficient (Wildman–Crippen LogP) is 0.818. The van der Waals surface area contributed by atoms with Gasteiger partial charge >= 0.3 is 6.09 Å². The molecule has 1 amide bonds. The van der Waals surface area contributed by atoms with Crippen LogP contribution in [0.1, 0.15) is 20.8 Å². The summed E-state index contributed by atoms with van der Waals surface area (Å²) in [4.78, 5) is 13.0. The number of hydrogen-bond donors (Lipinski definition) is 1. The van der Waals surface area contributed by atoms with Gasteiger partial charge in [-0.3, -0.25) is 4.90 Å². The van der Waals surface area contributed by atoms with E-state index in [0.29, 0.717) is 6.54 Å². The fourth-order valence-electron chi connectivity index (χ4n) is 1.67. The van der Waals surface area contributed by atoms with E-state index in [-0.39, 0.29) is 24.4 Å². The van der Waals surface area contributed by atoms with E-state index in [1.54, 1.807) is 0 Å². The van der Waals surface area contributed by atoms with Gasteiger partial charge in [0.05, 0.1) is 20.3 Å². The maximum absolute atomic E-state index is 11.5. The maximum Gasteiger partial charge on any atom is 0.411 e. The highest BCUT2D eigenvalue weighted by Gasteiger charge is 2.42. The Kier molecular flexibility index (Phi) is 3.57. The molecule has 1 N–H and O–H groups in total. The van der Waals surface area contributed by atoms with Crippen LogP contribution in [0.2, 0.25) is 0 Å². The second kappa shape index (κ2) is 4.37. The largest absolute Gasteiger partial charge is 0.453 e. The van der Waals surface area contributed by atoms with E-state index in [2.05, 4.69) is 4.74 Å². The topological polar surface area (TPSA) is 59.0 Å². The maximum atomic E-state index is 11.5. The molecule has 0 bridgehead atoms. The van der Waals surface area contributed by atoms with E-state index in [4.69, 9.17) is 9.84 Å². The lowest BCUT2D eigenvalue weighted by molar-refractivity contribution is -0.0721. The lowest BCUT2D eigenvalue weighted by Gasteiger charge is -2.32. The van der Waals surface area contributed by atoms with Crippen molar-refractivity contribution in [2.45, 2.75) is 33.1 Å². The average molecular weight is 217 g/mol. The Labute approximate surface area is 90.0 Å². The molecule has 0 aromatic rings. The molecule has 2 unspecified atom stereocenters. The van der Waals surface area contributed by atoms with Gasteiger partial charge in [0, 0.05) is 5.41 Å². The SMILES string of the molecule is COC(=O)N1CC(CO)OC1C(C)(C)C. The third-order valence-electron chi connectivity index (χ3n) is 2.36. The number of ether oxygens (including phenoxy) is 2. The summed E-state index contributed by atoms with van der Waals surface area (Å²) in [6.07, 6.45) is -1.07. The smallest absolute Gasteiger partial charge is 0.411 e. The number of rotatable bonds is 1. The van der Waals surface area contributed by atoms with Gasteiger partial charge in [-0.25, -0.2) is 4.79 Å². The molecule has 15 heavy (non-hydrogen) atoms. The Morgan fingerprint density at radius 3 is 2.60 bits per heavy atom. The van der Waals surface area contributed by atoms with Gasteiger partial charge in [0.1, 0.15) is 12.3 Å². The summed E-state index contributed by atoms with van der Waals surface area (Å²) in [5.74, 6) is 0. The molecule has 88 valence electrons. The number of carbonyl (C=O) groups excluding carboxylic acids is 1. The van der Waals surface area contributed by atoms with E-state index >= 15 is 0 Å². The van der Waals surface area contributed by atoms with Crippen LogP contribution in [0.5, 0.6) is 0 Å². The summed E-state index contributed by atoms with van der Waals surface area (Å²) in [5.41, 5.74) is -0.196. The molecule has 5 heteroatoms. The number of hydrogen-bond acceptors (Lipinski definition) is 4. The molecule has 1 heterocycles. The minimum Gasteiger partial charge on any atom is -0.453 e. The van der Waals surface area contributed by atoms with Gasteiger partial charge in [0.15, 0.2) is 0 Å². The number of nitrogens with zero attached hydrogens (tertiary/aromatic N) is 1. The number of carbonyl (C=O) groups is 1. The summed E-state index contributed by atoms with van der Waals surface area (Å²) < 4.78 is 10.3. The molecule has 1 saturated heterocycles. The third-order valence-corrected chi connectivity index (χ3v) is 2.36. The van der Waals surface area contributed by atoms with Crippen LogP contribution in [0.25, 0.3) is 0 Å². The van der Waals surface area contributed by atoms with Gasteiger partial charge in [0.2, 0.25) is 0 Å². The summed E-state index contributed by atoms with van der Waals surface area (Å²) in [6.45, 7) is 6.24. The summed E-state index contributed by atoms with van der Waals surface area (Å²) in [5, 5.41) is 9.02. The highest BCUT2D eigenvalue weighted by molar-refractivity contribution is 5.68. The van der Waals surface area contributed by atoms with Crippen LogP contribution >= 0.6 is 0 Å². The highest BCUT2D eigenvalue weighted by atomic mass is 16.6. The molecule has 1 rings (SSSR count). The van der Waals surface area contributed by atoms with Crippen LogP contribution in [0, 0.1) is 5.41 Å². The van der Waals surface area contributed by atoms with Gasteiger partial charge in [-0.2, -0.15) is 0 Å². The fourth-order valence-corrected chi connectivity index (χ4v) is 1.67. The van der Waals surface area contributed by atoms with Gasteiger partial charge in [0.25, 0.3) is 0 Å². The zero-order valence-corrected chi connectivity index (χ0v) is 9.69. The van der Waals surface area contributed by atoms with Crippen molar-refractivity contribution >= 4 is 6.09 Å². The Bertz CT molecular complexity index is 236. The van der Waals surface area contributed by atoms with Gasteiger partial charge in [-0.1, -0.05) is 20.8 Å². The summed E-state index contributed by atoms with van der Waals surface area (Å²) in [6, 6.07) is 0. The number of amides is 1. The lowest BCUT2D eigenvalue weighted by atomic mass is 9.94. The number of aliphatic hydroxyl groups is 1. The molecule has 0 aliphatic carbocycles. The zero-order valence-electron chi connectivity index (χ0n) is 9.69. The first kappa shape index (κ1) is 12.3. The molecule has 0 aromatic carbocycles. The van der Waals surface area contributed by atoms with E-state index in [0.717, 1.165) is 0 Å². The Morgan fingerprint density at radius 1 is 1.60 bits per heavy atom. The number of aliphatic hydroxyl groups excluding tert-OH is 1. The second-order valence-corrected chi connectivity index (χ2v) is 4.78. The van der Waals surface area contributed by atoms with E-state index in [9.17, 15) is 4.79 Å². The van der Waals surface area contributed by atoms with Gasteiger partial charge < -0.3 is 14.6 Å². The minimum atomic E-state index is -0.411. The fraction of sp³-hybridized carbons (Fsp3) is 0.900. The van der Waals surface area contributed by atoms with Crippen LogP contribution < -0.4 is 0 Å². The molecular weight excluding hydrogens is 198 g/mol. The standard InChI is InChI=1S/C10H19NO4/c1-10(2,3)8-11(9(13)14-4)5-7(6-12)15-8/h7-8,12H,5-6H2,1-4H3. The Balaban J connectivity index is 2.79. The zero-order chi connectivity index (χ0) is 11.6. The monoisotopic (exact) mass is 217 g/mol. The summed E-state index contributed by atoms with van der Waals surface area (Å²) >= 11 is 0. The first-order valence-corrected chi connectivity index (χ1v) is 5.01. The van der Waals surface area contributed by atoms with Crippen molar-refractivity contribution in [2.24, 2.45) is 5.41 Å². The van der Waals surface area contributed by atoms with Crippen molar-refractivity contribution in [3.8, 4) is 0 Å². The van der Waals surface area contributed by atoms with Gasteiger partial charge in [-0.05, 0) is 0 Å². The van der Waals surface area contributed by atoms with Crippen molar-refractivity contribution in [3.05, 3.63) is 0 Å². The summed E-state index contributed by atoms with van der Waals surface area (Å²) in [7, 11) is 1.34. The molecule has 2 atom stereocenters. The van der Waals surface area contributed by atoms with Gasteiger partial charge in [-0.15, -0.1) is 0 Å². The molecule has 1 fully saturated rings. The molecule has 1 aliphatic rings. The van der Waals surface area contributed by atoms with Crippen molar-refractivity contribution in [1.29, 1.82) is 0 Å². The van der Waals surface area contributed by atoms with E-state index in [1.165, 1.54) is 12.0 Å². The van der Waals surface area contributed by atoms with E-state index < -0.39 is 6.09 Å². The van der Waals surface area contributed by atoms with Crippen molar-refractivity contribution in [2.75, 3.05) is 20.3 Å². The van der Waals surface area contributed by atoms with Crippen LogP contribution in [0.3, 0.4) is 0 Å². The van der Waals surface area contributed by atoms with Crippen LogP contribution in [0.4, 0.5) is 4.79 Å². The molecule has 1 aliphatic heterocycles. The molecule has 0 spiro atoms. The Morgan fingerprint density at radius 2 is 2.20 bits per heavy atom. The second-order valence-electron chi connectivity index (χ2n) is 4.78. The third kappa shape index (κ3) is 2.60.